The van der Waals surface area contributed by atoms with E-state index in [1.807, 2.05) is 41.2 Å². The maximum absolute atomic E-state index is 10.3. The van der Waals surface area contributed by atoms with E-state index in [1.165, 1.54) is 6.42 Å². The Balaban J connectivity index is 1.40. The van der Waals surface area contributed by atoms with Crippen LogP contribution in [0.15, 0.2) is 42.7 Å². The van der Waals surface area contributed by atoms with Crippen molar-refractivity contribution in [2.24, 2.45) is 0 Å². The van der Waals surface area contributed by atoms with Gasteiger partial charge in [0.05, 0.1) is 25.9 Å². The normalized spacial score (nSPS) is 19.7. The van der Waals surface area contributed by atoms with Crippen LogP contribution < -0.4 is 0 Å². The van der Waals surface area contributed by atoms with Crippen molar-refractivity contribution in [1.29, 1.82) is 0 Å². The molecular weight excluding hydrogens is 326 g/mol. The number of aliphatic hydroxyl groups is 1. The Hall–Kier alpha value is -1.40. The number of benzene rings is 1. The molecule has 0 radical (unpaired) electrons. The number of nitrogens with zero attached hydrogens (tertiary/aromatic N) is 3. The predicted molar refractivity (Wildman–Crippen MR) is 93.9 cm³/mol. The van der Waals surface area contributed by atoms with Crippen LogP contribution in [0.25, 0.3) is 0 Å². The van der Waals surface area contributed by atoms with E-state index in [2.05, 4.69) is 10.00 Å². The molecule has 1 aromatic carbocycles. The summed E-state index contributed by atoms with van der Waals surface area (Å²) in [6.07, 6.45) is 5.64. The zero-order chi connectivity index (χ0) is 16.8. The molecule has 5 nitrogen and oxygen atoms in total. The van der Waals surface area contributed by atoms with Gasteiger partial charge in [-0.1, -0.05) is 23.7 Å². The Kier molecular flexibility index (Phi) is 6.26. The first-order valence-corrected chi connectivity index (χ1v) is 8.80. The highest BCUT2D eigenvalue weighted by Crippen LogP contribution is 2.19. The van der Waals surface area contributed by atoms with Crippen LogP contribution in [0.1, 0.15) is 18.4 Å². The van der Waals surface area contributed by atoms with Gasteiger partial charge in [0.2, 0.25) is 0 Å². The van der Waals surface area contributed by atoms with Crippen molar-refractivity contribution in [1.82, 2.24) is 14.7 Å². The van der Waals surface area contributed by atoms with Crippen molar-refractivity contribution >= 4 is 11.6 Å². The van der Waals surface area contributed by atoms with Gasteiger partial charge in [-0.2, -0.15) is 5.10 Å². The first-order chi connectivity index (χ1) is 11.7. The van der Waals surface area contributed by atoms with E-state index in [1.54, 1.807) is 6.20 Å². The Morgan fingerprint density at radius 3 is 2.92 bits per heavy atom. The molecule has 2 atom stereocenters. The molecule has 6 heteroatoms. The maximum atomic E-state index is 10.3. The second-order valence-electron chi connectivity index (χ2n) is 6.31. The van der Waals surface area contributed by atoms with Gasteiger partial charge in [0.1, 0.15) is 0 Å². The van der Waals surface area contributed by atoms with Gasteiger partial charge in [-0.3, -0.25) is 9.58 Å². The molecule has 1 fully saturated rings. The molecular formula is C18H24ClN3O2. The minimum Gasteiger partial charge on any atom is -0.389 e. The van der Waals surface area contributed by atoms with Crippen LogP contribution in [0.2, 0.25) is 5.02 Å². The topological polar surface area (TPSA) is 50.5 Å². The van der Waals surface area contributed by atoms with Gasteiger partial charge in [0.15, 0.2) is 0 Å². The highest BCUT2D eigenvalue weighted by Gasteiger charge is 2.26. The van der Waals surface area contributed by atoms with Gasteiger partial charge in [0.25, 0.3) is 0 Å². The zero-order valence-corrected chi connectivity index (χ0v) is 14.5. The highest BCUT2D eigenvalue weighted by molar-refractivity contribution is 6.30. The molecule has 0 unspecified atom stereocenters. The minimum atomic E-state index is -0.476. The lowest BCUT2D eigenvalue weighted by Gasteiger charge is -2.26. The fourth-order valence-electron chi connectivity index (χ4n) is 3.18. The lowest BCUT2D eigenvalue weighted by atomic mass is 10.2. The summed E-state index contributed by atoms with van der Waals surface area (Å²) in [6, 6.07) is 9.96. The Morgan fingerprint density at radius 1 is 1.33 bits per heavy atom. The molecule has 1 aromatic heterocycles. The summed E-state index contributed by atoms with van der Waals surface area (Å²) in [4.78, 5) is 2.35. The smallest absolute Gasteiger partial charge is 0.0900 e. The van der Waals surface area contributed by atoms with Crippen LogP contribution in [-0.2, 0) is 17.9 Å². The molecule has 0 aliphatic carbocycles. The molecule has 2 heterocycles. The van der Waals surface area contributed by atoms with Crippen LogP contribution in [0, 0.1) is 0 Å². The number of hydrogen-bond donors (Lipinski definition) is 1. The number of likely N-dealkylation sites (tertiary alicyclic amines) is 1. The zero-order valence-electron chi connectivity index (χ0n) is 13.7. The van der Waals surface area contributed by atoms with Gasteiger partial charge in [-0.05, 0) is 43.1 Å². The number of aliphatic hydroxyl groups excluding tert-OH is 1. The number of hydrogen-bond acceptors (Lipinski definition) is 4. The average molecular weight is 350 g/mol. The fraction of sp³-hybridized carbons (Fsp3) is 0.500. The van der Waals surface area contributed by atoms with Crippen LogP contribution in [0.4, 0.5) is 0 Å². The van der Waals surface area contributed by atoms with Crippen molar-refractivity contribution in [2.45, 2.75) is 38.1 Å². The summed E-state index contributed by atoms with van der Waals surface area (Å²) >= 11 is 5.86. The first-order valence-electron chi connectivity index (χ1n) is 8.42. The number of β-amino-alcohol motifs (C(OH)–C–C–N with tert-alkyl or cyclic N) is 1. The van der Waals surface area contributed by atoms with Crippen LogP contribution in [0.5, 0.6) is 0 Å². The third-order valence-corrected chi connectivity index (χ3v) is 4.65. The van der Waals surface area contributed by atoms with Gasteiger partial charge >= 0.3 is 0 Å². The quantitative estimate of drug-likeness (QED) is 0.795. The summed E-state index contributed by atoms with van der Waals surface area (Å²) in [5, 5.41) is 15.3. The third-order valence-electron chi connectivity index (χ3n) is 4.39. The summed E-state index contributed by atoms with van der Waals surface area (Å²) in [5.74, 6) is 0. The van der Waals surface area contributed by atoms with E-state index in [0.717, 1.165) is 30.1 Å². The predicted octanol–water partition coefficient (Wildman–Crippen LogP) is 2.58. The second kappa shape index (κ2) is 8.62. The van der Waals surface area contributed by atoms with E-state index < -0.39 is 6.10 Å². The van der Waals surface area contributed by atoms with Crippen molar-refractivity contribution in [3.63, 3.8) is 0 Å². The molecule has 0 saturated carbocycles. The van der Waals surface area contributed by atoms with Crippen LogP contribution in [-0.4, -0.2) is 51.6 Å². The molecule has 1 N–H and O–H groups in total. The van der Waals surface area contributed by atoms with Crippen LogP contribution in [0.3, 0.4) is 0 Å². The largest absolute Gasteiger partial charge is 0.389 e. The van der Waals surface area contributed by atoms with E-state index in [-0.39, 0.29) is 0 Å². The Labute approximate surface area is 147 Å². The van der Waals surface area contributed by atoms with Crippen LogP contribution >= 0.6 is 11.6 Å². The number of halogens is 1. The molecule has 0 bridgehead atoms. The van der Waals surface area contributed by atoms with E-state index in [0.29, 0.717) is 25.8 Å². The van der Waals surface area contributed by atoms with Crippen molar-refractivity contribution in [3.05, 3.63) is 53.3 Å². The summed E-state index contributed by atoms with van der Waals surface area (Å²) in [5.41, 5.74) is 1.06. The minimum absolute atomic E-state index is 0.341. The van der Waals surface area contributed by atoms with Crippen molar-refractivity contribution in [3.8, 4) is 0 Å². The van der Waals surface area contributed by atoms with E-state index in [4.69, 9.17) is 16.3 Å². The van der Waals surface area contributed by atoms with Gasteiger partial charge in [-0.15, -0.1) is 0 Å². The summed E-state index contributed by atoms with van der Waals surface area (Å²) in [7, 11) is 0. The van der Waals surface area contributed by atoms with E-state index >= 15 is 0 Å². The standard InChI is InChI=1S/C18H24ClN3O2/c19-16-6-4-15(5-7-16)13-24-14-18(23)12-21-9-1-3-17(21)11-22-10-2-8-20-22/h2,4-8,10,17-18,23H,1,3,9,11-14H2/t17-,18-/m1/s1. The molecule has 0 spiro atoms. The number of ether oxygens (including phenoxy) is 1. The lowest BCUT2D eigenvalue weighted by molar-refractivity contribution is 0.00666. The second-order valence-corrected chi connectivity index (χ2v) is 6.75. The fourth-order valence-corrected chi connectivity index (χ4v) is 3.31. The van der Waals surface area contributed by atoms with Crippen molar-refractivity contribution in [2.75, 3.05) is 19.7 Å². The van der Waals surface area contributed by atoms with Gasteiger partial charge < -0.3 is 9.84 Å². The van der Waals surface area contributed by atoms with Crippen molar-refractivity contribution < 1.29 is 9.84 Å². The monoisotopic (exact) mass is 349 g/mol. The summed E-state index contributed by atoms with van der Waals surface area (Å²) < 4.78 is 7.60. The Morgan fingerprint density at radius 2 is 2.17 bits per heavy atom. The Bertz CT molecular complexity index is 603. The number of aromatic nitrogens is 2. The SMILES string of the molecule is O[C@@H](COCc1ccc(Cl)cc1)CN1CCC[C@@H]1Cn1cccn1. The van der Waals surface area contributed by atoms with Gasteiger partial charge in [0, 0.05) is 30.0 Å². The molecule has 1 aliphatic rings. The average Bonchev–Trinajstić information content (AvgIpc) is 3.22. The number of rotatable bonds is 8. The van der Waals surface area contributed by atoms with Gasteiger partial charge in [-0.25, -0.2) is 0 Å². The molecule has 2 aromatic rings. The molecule has 130 valence electrons. The maximum Gasteiger partial charge on any atom is 0.0900 e. The third kappa shape index (κ3) is 5.05. The summed E-state index contributed by atoms with van der Waals surface area (Å²) in [6.45, 7) is 3.39. The molecule has 3 rings (SSSR count). The highest BCUT2D eigenvalue weighted by atomic mass is 35.5. The van der Waals surface area contributed by atoms with E-state index in [9.17, 15) is 5.11 Å². The molecule has 24 heavy (non-hydrogen) atoms. The molecule has 1 aliphatic heterocycles. The molecule has 0 amide bonds. The lowest BCUT2D eigenvalue weighted by Crippen LogP contribution is -2.40. The molecule has 1 saturated heterocycles. The first kappa shape index (κ1) is 17.4.